The van der Waals surface area contributed by atoms with Crippen LogP contribution in [0.1, 0.15) is 17.2 Å². The average molecular weight is 317 g/mol. The molecule has 2 rings (SSSR count). The molecule has 0 spiro atoms. The van der Waals surface area contributed by atoms with Gasteiger partial charge in [-0.2, -0.15) is 0 Å². The monoisotopic (exact) mass is 316 g/mol. The molecule has 1 unspecified atom stereocenters. The van der Waals surface area contributed by atoms with E-state index in [-0.39, 0.29) is 6.04 Å². The molecule has 0 fully saturated rings. The van der Waals surface area contributed by atoms with Gasteiger partial charge in [-0.3, -0.25) is 11.3 Å². The van der Waals surface area contributed by atoms with Crippen molar-refractivity contribution in [2.24, 2.45) is 5.84 Å². The quantitative estimate of drug-likeness (QED) is 0.651. The fourth-order valence-corrected chi connectivity index (χ4v) is 3.52. The maximum Gasteiger partial charge on any atom is 0.122 e. The van der Waals surface area contributed by atoms with Crippen molar-refractivity contribution in [1.29, 1.82) is 0 Å². The number of thiophene rings is 1. The number of rotatable bonds is 5. The van der Waals surface area contributed by atoms with Gasteiger partial charge in [0.25, 0.3) is 0 Å². The van der Waals surface area contributed by atoms with E-state index in [2.05, 4.69) is 5.43 Å². The summed E-state index contributed by atoms with van der Waals surface area (Å²) < 4.78 is 6.65. The molecule has 3 N–H and O–H groups in total. The van der Waals surface area contributed by atoms with Crippen LogP contribution in [-0.4, -0.2) is 7.11 Å². The zero-order valence-corrected chi connectivity index (χ0v) is 12.6. The van der Waals surface area contributed by atoms with E-state index in [4.69, 9.17) is 33.8 Å². The van der Waals surface area contributed by atoms with E-state index in [1.807, 2.05) is 30.3 Å². The van der Waals surface area contributed by atoms with Gasteiger partial charge in [0.2, 0.25) is 0 Å². The Morgan fingerprint density at radius 1 is 1.37 bits per heavy atom. The van der Waals surface area contributed by atoms with E-state index >= 15 is 0 Å². The summed E-state index contributed by atoms with van der Waals surface area (Å²) in [6.45, 7) is 0. The van der Waals surface area contributed by atoms with Crippen LogP contribution in [0.25, 0.3) is 0 Å². The molecule has 0 amide bonds. The summed E-state index contributed by atoms with van der Waals surface area (Å²) in [5.41, 5.74) is 4.75. The molecule has 0 saturated carbocycles. The van der Waals surface area contributed by atoms with Crippen LogP contribution in [0, 0.1) is 0 Å². The van der Waals surface area contributed by atoms with Crippen LogP contribution in [0.4, 0.5) is 0 Å². The van der Waals surface area contributed by atoms with Crippen molar-refractivity contribution < 1.29 is 4.74 Å². The van der Waals surface area contributed by atoms with Crippen molar-refractivity contribution in [1.82, 2.24) is 5.43 Å². The maximum atomic E-state index is 6.17. The number of para-hydroxylation sites is 1. The summed E-state index contributed by atoms with van der Waals surface area (Å²) in [5, 5.41) is 0. The second-order valence-electron chi connectivity index (χ2n) is 4.01. The van der Waals surface area contributed by atoms with Crippen molar-refractivity contribution >= 4 is 34.5 Å². The molecule has 6 heteroatoms. The minimum atomic E-state index is -0.104. The van der Waals surface area contributed by atoms with Crippen LogP contribution in [0.15, 0.2) is 30.3 Å². The normalized spacial score (nSPS) is 12.4. The Kier molecular flexibility index (Phi) is 5.07. The largest absolute Gasteiger partial charge is 0.496 e. The van der Waals surface area contributed by atoms with E-state index < -0.39 is 0 Å². The lowest BCUT2D eigenvalue weighted by Crippen LogP contribution is -2.29. The smallest absolute Gasteiger partial charge is 0.122 e. The summed E-state index contributed by atoms with van der Waals surface area (Å²) in [5.74, 6) is 6.47. The first-order valence-electron chi connectivity index (χ1n) is 5.68. The molecule has 0 aliphatic rings. The lowest BCUT2D eigenvalue weighted by molar-refractivity contribution is 0.405. The predicted molar refractivity (Wildman–Crippen MR) is 81.1 cm³/mol. The molecule has 0 aliphatic heterocycles. The van der Waals surface area contributed by atoms with Crippen LogP contribution in [0.2, 0.25) is 8.67 Å². The Morgan fingerprint density at radius 3 is 2.68 bits per heavy atom. The lowest BCUT2D eigenvalue weighted by atomic mass is 10.0. The highest BCUT2D eigenvalue weighted by atomic mass is 35.5. The van der Waals surface area contributed by atoms with Gasteiger partial charge in [-0.25, -0.2) is 0 Å². The number of methoxy groups -OCH3 is 1. The van der Waals surface area contributed by atoms with E-state index in [9.17, 15) is 0 Å². The van der Waals surface area contributed by atoms with Gasteiger partial charge in [0.05, 0.1) is 21.8 Å². The number of halogens is 2. The Morgan fingerprint density at radius 2 is 2.11 bits per heavy atom. The van der Waals surface area contributed by atoms with Gasteiger partial charge < -0.3 is 4.74 Å². The SMILES string of the molecule is COc1ccccc1CC(NN)c1cc(Cl)sc1Cl. The van der Waals surface area contributed by atoms with Gasteiger partial charge in [0.1, 0.15) is 5.75 Å². The van der Waals surface area contributed by atoms with Crippen LogP contribution in [0.5, 0.6) is 5.75 Å². The van der Waals surface area contributed by atoms with Crippen molar-refractivity contribution in [3.8, 4) is 5.75 Å². The molecule has 102 valence electrons. The van der Waals surface area contributed by atoms with Crippen molar-refractivity contribution in [3.63, 3.8) is 0 Å². The minimum Gasteiger partial charge on any atom is -0.496 e. The fourth-order valence-electron chi connectivity index (χ4n) is 1.94. The highest BCUT2D eigenvalue weighted by molar-refractivity contribution is 7.20. The number of ether oxygens (including phenoxy) is 1. The molecule has 3 nitrogen and oxygen atoms in total. The van der Waals surface area contributed by atoms with Gasteiger partial charge in [-0.05, 0) is 24.1 Å². The molecular weight excluding hydrogens is 303 g/mol. The van der Waals surface area contributed by atoms with E-state index in [1.165, 1.54) is 11.3 Å². The second-order valence-corrected chi connectivity index (χ2v) is 6.30. The Hall–Kier alpha value is -0.780. The molecule has 1 aromatic heterocycles. The zero-order chi connectivity index (χ0) is 13.8. The number of hydrazine groups is 1. The zero-order valence-electron chi connectivity index (χ0n) is 10.3. The lowest BCUT2D eigenvalue weighted by Gasteiger charge is -2.17. The fraction of sp³-hybridized carbons (Fsp3) is 0.231. The first kappa shape index (κ1) is 14.6. The summed E-state index contributed by atoms with van der Waals surface area (Å²) in [4.78, 5) is 0. The van der Waals surface area contributed by atoms with Crippen molar-refractivity contribution in [2.45, 2.75) is 12.5 Å². The topological polar surface area (TPSA) is 47.3 Å². The number of nitrogens with one attached hydrogen (secondary N) is 1. The predicted octanol–water partition coefficient (Wildman–Crippen LogP) is 3.81. The third kappa shape index (κ3) is 3.41. The van der Waals surface area contributed by atoms with Gasteiger partial charge in [-0.1, -0.05) is 41.4 Å². The number of nitrogens with two attached hydrogens (primary N) is 1. The van der Waals surface area contributed by atoms with Crippen molar-refractivity contribution in [3.05, 3.63) is 50.1 Å². The van der Waals surface area contributed by atoms with E-state index in [1.54, 1.807) is 7.11 Å². The standard InChI is InChI=1S/C13H14Cl2N2OS/c1-18-11-5-3-2-4-8(11)6-10(17-16)9-7-12(14)19-13(9)15/h2-5,7,10,17H,6,16H2,1H3. The Bertz CT molecular complexity index is 559. The average Bonchev–Trinajstić information content (AvgIpc) is 2.75. The van der Waals surface area contributed by atoms with Gasteiger partial charge >= 0.3 is 0 Å². The molecule has 0 saturated heterocycles. The molecule has 1 heterocycles. The summed E-state index contributed by atoms with van der Waals surface area (Å²) >= 11 is 13.5. The third-order valence-electron chi connectivity index (χ3n) is 2.88. The van der Waals surface area contributed by atoms with Gasteiger partial charge in [-0.15, -0.1) is 11.3 Å². The molecular formula is C13H14Cl2N2OS. The number of benzene rings is 1. The van der Waals surface area contributed by atoms with Crippen LogP contribution in [0.3, 0.4) is 0 Å². The molecule has 1 aromatic carbocycles. The highest BCUT2D eigenvalue weighted by Crippen LogP contribution is 2.36. The first-order chi connectivity index (χ1) is 9.15. The van der Waals surface area contributed by atoms with Crippen LogP contribution in [-0.2, 0) is 6.42 Å². The van der Waals surface area contributed by atoms with Crippen LogP contribution >= 0.6 is 34.5 Å². The molecule has 0 aliphatic carbocycles. The maximum absolute atomic E-state index is 6.17. The summed E-state index contributed by atoms with van der Waals surface area (Å²) in [7, 11) is 1.65. The first-order valence-corrected chi connectivity index (χ1v) is 7.25. The van der Waals surface area contributed by atoms with E-state index in [0.717, 1.165) is 16.9 Å². The van der Waals surface area contributed by atoms with Crippen molar-refractivity contribution in [2.75, 3.05) is 7.11 Å². The molecule has 0 radical (unpaired) electrons. The number of hydrogen-bond donors (Lipinski definition) is 2. The molecule has 2 aromatic rings. The Labute approximate surface area is 126 Å². The molecule has 19 heavy (non-hydrogen) atoms. The number of hydrogen-bond acceptors (Lipinski definition) is 4. The van der Waals surface area contributed by atoms with Gasteiger partial charge in [0, 0.05) is 5.56 Å². The molecule has 1 atom stereocenters. The molecule has 0 bridgehead atoms. The third-order valence-corrected chi connectivity index (χ3v) is 4.39. The summed E-state index contributed by atoms with van der Waals surface area (Å²) in [6, 6.07) is 9.56. The van der Waals surface area contributed by atoms with Crippen LogP contribution < -0.4 is 16.0 Å². The van der Waals surface area contributed by atoms with E-state index in [0.29, 0.717) is 15.1 Å². The highest BCUT2D eigenvalue weighted by Gasteiger charge is 2.18. The summed E-state index contributed by atoms with van der Waals surface area (Å²) in [6.07, 6.45) is 0.674. The Balaban J connectivity index is 2.26. The second kappa shape index (κ2) is 6.59. The van der Waals surface area contributed by atoms with Gasteiger partial charge in [0.15, 0.2) is 0 Å². The minimum absolute atomic E-state index is 0.104.